The van der Waals surface area contributed by atoms with Crippen molar-refractivity contribution < 1.29 is 0 Å². The maximum absolute atomic E-state index is 8.97. The topological polar surface area (TPSA) is 23.8 Å². The number of hydrogen-bond acceptors (Lipinski definition) is 3. The molecule has 0 unspecified atom stereocenters. The summed E-state index contributed by atoms with van der Waals surface area (Å²) in [5.74, 6) is 1.97. The van der Waals surface area contributed by atoms with Crippen LogP contribution >= 0.6 is 22.7 Å². The fraction of sp³-hybridized carbons (Fsp3) is 0.500. The summed E-state index contributed by atoms with van der Waals surface area (Å²) in [4.78, 5) is 2.87. The molecular weight excluding hydrogens is 390 g/mol. The molecule has 0 bridgehead atoms. The fourth-order valence-electron chi connectivity index (χ4n) is 4.70. The van der Waals surface area contributed by atoms with Gasteiger partial charge in [0.25, 0.3) is 0 Å². The van der Waals surface area contributed by atoms with E-state index in [1.807, 2.05) is 34.8 Å². The van der Waals surface area contributed by atoms with Crippen LogP contribution in [0.4, 0.5) is 0 Å². The smallest absolute Gasteiger partial charge is 0.0991 e. The van der Waals surface area contributed by atoms with Crippen LogP contribution in [0.5, 0.6) is 0 Å². The van der Waals surface area contributed by atoms with Gasteiger partial charge in [0.15, 0.2) is 0 Å². The van der Waals surface area contributed by atoms with Crippen molar-refractivity contribution in [1.29, 1.82) is 5.26 Å². The monoisotopic (exact) mass is 421 g/mol. The van der Waals surface area contributed by atoms with Crippen molar-refractivity contribution in [2.24, 2.45) is 11.8 Å². The number of hydrogen-bond donors (Lipinski definition) is 0. The highest BCUT2D eigenvalue weighted by Crippen LogP contribution is 2.40. The summed E-state index contributed by atoms with van der Waals surface area (Å²) >= 11 is 3.86. The second-order valence-corrected chi connectivity index (χ2v) is 10.9. The molecule has 152 valence electrons. The second-order valence-electron chi connectivity index (χ2n) is 8.66. The first-order chi connectivity index (χ1) is 14.2. The number of fused-ring (bicyclic) bond motifs is 1. The highest BCUT2D eigenvalue weighted by Gasteiger charge is 2.21. The van der Waals surface area contributed by atoms with Crippen LogP contribution in [0.25, 0.3) is 19.8 Å². The predicted molar refractivity (Wildman–Crippen MR) is 128 cm³/mol. The van der Waals surface area contributed by atoms with Gasteiger partial charge in [0.05, 0.1) is 11.6 Å². The third-order valence-electron chi connectivity index (χ3n) is 6.54. The van der Waals surface area contributed by atoms with E-state index in [0.29, 0.717) is 0 Å². The van der Waals surface area contributed by atoms with Gasteiger partial charge in [0.2, 0.25) is 0 Å². The van der Waals surface area contributed by atoms with Crippen molar-refractivity contribution >= 4 is 32.1 Å². The predicted octanol–water partition coefficient (Wildman–Crippen LogP) is 8.82. The lowest BCUT2D eigenvalue weighted by Gasteiger charge is -2.28. The molecule has 0 aliphatic heterocycles. The molecule has 0 amide bonds. The molecule has 1 saturated carbocycles. The van der Waals surface area contributed by atoms with Crippen molar-refractivity contribution in [3.8, 4) is 16.5 Å². The summed E-state index contributed by atoms with van der Waals surface area (Å²) < 4.78 is 2.84. The van der Waals surface area contributed by atoms with Gasteiger partial charge >= 0.3 is 0 Å². The zero-order valence-electron chi connectivity index (χ0n) is 17.5. The first-order valence-electron chi connectivity index (χ1n) is 11.3. The molecule has 0 radical (unpaired) electrons. The number of benzene rings is 1. The van der Waals surface area contributed by atoms with Crippen LogP contribution < -0.4 is 0 Å². The second kappa shape index (κ2) is 9.92. The quantitative estimate of drug-likeness (QED) is 0.333. The van der Waals surface area contributed by atoms with E-state index in [4.69, 9.17) is 5.26 Å². The Bertz CT molecular complexity index is 917. The van der Waals surface area contributed by atoms with Crippen LogP contribution in [0, 0.1) is 23.2 Å². The lowest BCUT2D eigenvalue weighted by Crippen LogP contribution is -2.15. The lowest BCUT2D eigenvalue weighted by molar-refractivity contribution is 0.249. The van der Waals surface area contributed by atoms with Gasteiger partial charge in [-0.25, -0.2) is 0 Å². The SMILES string of the molecule is CCCCCC1CCC(CCc2cc3sc(-c4ccc(C#N)cc4)cc3s2)CC1. The number of unbranched alkanes of at least 4 members (excludes halogenated alkanes) is 2. The van der Waals surface area contributed by atoms with E-state index >= 15 is 0 Å². The molecule has 1 fully saturated rings. The Morgan fingerprint density at radius 2 is 1.59 bits per heavy atom. The Kier molecular flexibility index (Phi) is 7.06. The Balaban J connectivity index is 1.28. The van der Waals surface area contributed by atoms with Crippen molar-refractivity contribution in [3.63, 3.8) is 0 Å². The summed E-state index contributed by atoms with van der Waals surface area (Å²) in [6.45, 7) is 2.31. The molecule has 3 heteroatoms. The number of rotatable bonds is 8. The van der Waals surface area contributed by atoms with Gasteiger partial charge in [-0.2, -0.15) is 5.26 Å². The minimum atomic E-state index is 0.726. The summed E-state index contributed by atoms with van der Waals surface area (Å²) in [6, 6.07) is 14.9. The molecule has 2 heterocycles. The molecule has 1 nitrogen and oxygen atoms in total. The van der Waals surface area contributed by atoms with E-state index in [1.54, 1.807) is 4.88 Å². The van der Waals surface area contributed by atoms with Gasteiger partial charge in [-0.15, -0.1) is 22.7 Å². The van der Waals surface area contributed by atoms with Crippen molar-refractivity contribution in [2.75, 3.05) is 0 Å². The number of nitriles is 1. The lowest BCUT2D eigenvalue weighted by atomic mass is 9.78. The van der Waals surface area contributed by atoms with Crippen LogP contribution in [0.1, 0.15) is 75.2 Å². The maximum Gasteiger partial charge on any atom is 0.0991 e. The first kappa shape index (κ1) is 20.6. The molecule has 0 N–H and O–H groups in total. The van der Waals surface area contributed by atoms with E-state index in [9.17, 15) is 0 Å². The summed E-state index contributed by atoms with van der Waals surface area (Å²) in [5, 5.41) is 8.97. The van der Waals surface area contributed by atoms with Crippen molar-refractivity contribution in [1.82, 2.24) is 0 Å². The molecule has 2 aromatic heterocycles. The molecule has 0 saturated heterocycles. The minimum Gasteiger partial charge on any atom is -0.192 e. The highest BCUT2D eigenvalue weighted by atomic mass is 32.1. The van der Waals surface area contributed by atoms with Gasteiger partial charge in [-0.3, -0.25) is 0 Å². The average molecular weight is 422 g/mol. The van der Waals surface area contributed by atoms with Gasteiger partial charge in [0.1, 0.15) is 0 Å². The largest absolute Gasteiger partial charge is 0.192 e. The van der Waals surface area contributed by atoms with Gasteiger partial charge in [-0.1, -0.05) is 70.4 Å². The van der Waals surface area contributed by atoms with Crippen molar-refractivity contribution in [3.05, 3.63) is 46.8 Å². The number of thiophene rings is 2. The minimum absolute atomic E-state index is 0.726. The van der Waals surface area contributed by atoms with Crippen LogP contribution in [0.2, 0.25) is 0 Å². The molecule has 1 aliphatic rings. The Hall–Kier alpha value is -1.63. The normalized spacial score (nSPS) is 19.4. The summed E-state index contributed by atoms with van der Waals surface area (Å²) in [7, 11) is 0. The zero-order valence-corrected chi connectivity index (χ0v) is 19.1. The zero-order chi connectivity index (χ0) is 20.1. The Labute approximate surface area is 183 Å². The van der Waals surface area contributed by atoms with E-state index < -0.39 is 0 Å². The third kappa shape index (κ3) is 5.30. The van der Waals surface area contributed by atoms with Crippen LogP contribution in [0.15, 0.2) is 36.4 Å². The molecule has 0 atom stereocenters. The molecule has 4 rings (SSSR count). The molecule has 1 aliphatic carbocycles. The standard InChI is InChI=1S/C26H31NS2/c1-2-3-4-5-19-6-8-20(9-7-19)12-15-23-16-25-26(28-23)17-24(29-25)22-13-10-21(18-27)11-14-22/h10-11,13-14,16-17,19-20H,2-9,12,15H2,1H3. The molecular formula is C26H31NS2. The van der Waals surface area contributed by atoms with E-state index in [2.05, 4.69) is 37.3 Å². The van der Waals surface area contributed by atoms with Crippen molar-refractivity contribution in [2.45, 2.75) is 71.1 Å². The number of aryl methyl sites for hydroxylation is 1. The molecule has 1 aromatic carbocycles. The summed E-state index contributed by atoms with van der Waals surface area (Å²) in [6.07, 6.45) is 14.2. The first-order valence-corrected chi connectivity index (χ1v) is 12.9. The van der Waals surface area contributed by atoms with E-state index in [-0.39, 0.29) is 0 Å². The summed E-state index contributed by atoms with van der Waals surface area (Å²) in [5.41, 5.74) is 1.94. The molecule has 0 spiro atoms. The van der Waals surface area contributed by atoms with Gasteiger partial charge in [-0.05, 0) is 54.5 Å². The van der Waals surface area contributed by atoms with Gasteiger partial charge < -0.3 is 0 Å². The van der Waals surface area contributed by atoms with Crippen LogP contribution in [-0.2, 0) is 6.42 Å². The average Bonchev–Trinajstić information content (AvgIpc) is 3.32. The Morgan fingerprint density at radius 3 is 2.24 bits per heavy atom. The van der Waals surface area contributed by atoms with Gasteiger partial charge in [0, 0.05) is 19.2 Å². The van der Waals surface area contributed by atoms with E-state index in [1.165, 1.54) is 84.0 Å². The third-order valence-corrected chi connectivity index (χ3v) is 8.94. The maximum atomic E-state index is 8.97. The Morgan fingerprint density at radius 1 is 0.897 bits per heavy atom. The van der Waals surface area contributed by atoms with E-state index in [0.717, 1.165) is 17.4 Å². The number of nitrogens with zero attached hydrogens (tertiary/aromatic N) is 1. The molecule has 3 aromatic rings. The van der Waals surface area contributed by atoms with Crippen LogP contribution in [-0.4, -0.2) is 0 Å². The van der Waals surface area contributed by atoms with Crippen LogP contribution in [0.3, 0.4) is 0 Å². The fourth-order valence-corrected chi connectivity index (χ4v) is 7.14. The highest BCUT2D eigenvalue weighted by molar-refractivity contribution is 7.29. The molecule has 29 heavy (non-hydrogen) atoms.